The fraction of sp³-hybridized carbons (Fsp3) is 0.833. The van der Waals surface area contributed by atoms with Crippen molar-refractivity contribution in [3.63, 3.8) is 0 Å². The van der Waals surface area contributed by atoms with E-state index in [1.54, 1.807) is 0 Å². The second kappa shape index (κ2) is 14.9. The summed E-state index contributed by atoms with van der Waals surface area (Å²) in [4.78, 5) is 43.6. The van der Waals surface area contributed by atoms with Crippen LogP contribution in [-0.4, -0.2) is 56.5 Å². The fourth-order valence-corrected chi connectivity index (χ4v) is 5.26. The highest BCUT2D eigenvalue weighted by Crippen LogP contribution is 2.46. The zero-order valence-corrected chi connectivity index (χ0v) is 21.6. The summed E-state index contributed by atoms with van der Waals surface area (Å²) < 4.78 is 0. The maximum Gasteiger partial charge on any atom is 0.333 e. The van der Waals surface area contributed by atoms with Crippen LogP contribution in [0.3, 0.4) is 0 Å². The van der Waals surface area contributed by atoms with Crippen LogP contribution in [0.25, 0.3) is 0 Å². The molecule has 9 N–H and O–H groups in total. The number of amides is 2. The SMILES string of the molecule is CCCCCC(=O)N(N)C1([C@](CCCN=C(N)N)(C(=O)O)N(N)C(=O)CCCCC)CCCCC1. The van der Waals surface area contributed by atoms with Crippen LogP contribution in [0.15, 0.2) is 4.99 Å². The monoisotopic (exact) mass is 497 g/mol. The van der Waals surface area contributed by atoms with Gasteiger partial charge in [-0.05, 0) is 38.5 Å². The Balaban J connectivity index is 3.53. The molecule has 35 heavy (non-hydrogen) atoms. The lowest BCUT2D eigenvalue weighted by Crippen LogP contribution is -2.79. The number of guanidine groups is 1. The van der Waals surface area contributed by atoms with E-state index < -0.39 is 23.0 Å². The molecule has 1 atom stereocenters. The molecule has 11 heteroatoms. The van der Waals surface area contributed by atoms with E-state index in [0.29, 0.717) is 38.5 Å². The lowest BCUT2D eigenvalue weighted by molar-refractivity contribution is -0.184. The Kier molecular flexibility index (Phi) is 13.0. The van der Waals surface area contributed by atoms with Crippen molar-refractivity contribution >= 4 is 23.7 Å². The van der Waals surface area contributed by atoms with Crippen LogP contribution in [0.1, 0.15) is 110 Å². The van der Waals surface area contributed by atoms with Gasteiger partial charge in [0.25, 0.3) is 0 Å². The molecule has 0 radical (unpaired) electrons. The van der Waals surface area contributed by atoms with Crippen molar-refractivity contribution in [2.45, 2.75) is 121 Å². The minimum absolute atomic E-state index is 0.0366. The fourth-order valence-electron chi connectivity index (χ4n) is 5.26. The van der Waals surface area contributed by atoms with E-state index in [2.05, 4.69) is 4.99 Å². The van der Waals surface area contributed by atoms with Crippen molar-refractivity contribution in [2.75, 3.05) is 6.54 Å². The van der Waals surface area contributed by atoms with Gasteiger partial charge >= 0.3 is 5.97 Å². The average Bonchev–Trinajstić information content (AvgIpc) is 2.83. The van der Waals surface area contributed by atoms with Crippen molar-refractivity contribution in [1.82, 2.24) is 10.0 Å². The van der Waals surface area contributed by atoms with E-state index in [-0.39, 0.29) is 44.1 Å². The Labute approximate surface area is 209 Å². The number of nitrogens with two attached hydrogens (primary N) is 4. The van der Waals surface area contributed by atoms with Crippen molar-refractivity contribution in [3.05, 3.63) is 0 Å². The Bertz CT molecular complexity index is 721. The minimum Gasteiger partial charge on any atom is -0.479 e. The van der Waals surface area contributed by atoms with Gasteiger partial charge in [0.15, 0.2) is 11.5 Å². The third-order valence-corrected chi connectivity index (χ3v) is 7.19. The first kappa shape index (κ1) is 30.6. The number of carbonyl (C=O) groups excluding carboxylic acids is 2. The zero-order chi connectivity index (χ0) is 26.5. The third-order valence-electron chi connectivity index (χ3n) is 7.19. The summed E-state index contributed by atoms with van der Waals surface area (Å²) in [6.07, 6.45) is 8.28. The van der Waals surface area contributed by atoms with Crippen LogP contribution >= 0.6 is 0 Å². The number of carboxylic acids is 1. The number of carbonyl (C=O) groups is 3. The predicted molar refractivity (Wildman–Crippen MR) is 136 cm³/mol. The second-order valence-corrected chi connectivity index (χ2v) is 9.61. The van der Waals surface area contributed by atoms with Crippen LogP contribution in [0.4, 0.5) is 0 Å². The summed E-state index contributed by atoms with van der Waals surface area (Å²) in [5.41, 5.74) is 7.63. The topological polar surface area (TPSA) is 194 Å². The number of hydrogen-bond donors (Lipinski definition) is 5. The molecule has 2 amide bonds. The van der Waals surface area contributed by atoms with Crippen molar-refractivity contribution in [1.29, 1.82) is 0 Å². The molecule has 0 unspecified atom stereocenters. The van der Waals surface area contributed by atoms with E-state index in [1.807, 2.05) is 13.8 Å². The second-order valence-electron chi connectivity index (χ2n) is 9.61. The summed E-state index contributed by atoms with van der Waals surface area (Å²) in [5, 5.41) is 12.7. The molecular weight excluding hydrogens is 450 g/mol. The van der Waals surface area contributed by atoms with Crippen molar-refractivity contribution in [3.8, 4) is 0 Å². The molecule has 1 rings (SSSR count). The Morgan fingerprint density at radius 1 is 0.886 bits per heavy atom. The normalized spacial score (nSPS) is 16.7. The van der Waals surface area contributed by atoms with Gasteiger partial charge < -0.3 is 16.6 Å². The highest BCUT2D eigenvalue weighted by Gasteiger charge is 2.64. The molecule has 1 saturated carbocycles. The number of nitrogens with zero attached hydrogens (tertiary/aromatic N) is 3. The number of aliphatic imine (C=N–C) groups is 1. The first-order valence-corrected chi connectivity index (χ1v) is 13.0. The minimum atomic E-state index is -1.91. The van der Waals surface area contributed by atoms with Gasteiger partial charge in [0.1, 0.15) is 0 Å². The summed E-state index contributed by atoms with van der Waals surface area (Å²) in [7, 11) is 0. The molecule has 0 aliphatic heterocycles. The smallest absolute Gasteiger partial charge is 0.333 e. The standard InChI is InChI=1S/C24H47N7O4/c1-3-5-8-13-19(32)30(27)23(15-10-7-11-16-23)24(21(34)35,17-12-18-29-22(25)26)31(28)20(33)14-9-6-4-2/h3-18,27-28H2,1-2H3,(H,34,35)(H4,25,26,29)/t24-/m0/s1. The number of unbranched alkanes of at least 4 members (excludes halogenated alkanes) is 4. The van der Waals surface area contributed by atoms with Gasteiger partial charge in [0, 0.05) is 19.4 Å². The molecule has 0 aromatic carbocycles. The number of carboxylic acid groups (broad SMARTS) is 1. The molecule has 0 saturated heterocycles. The van der Waals surface area contributed by atoms with Crippen LogP contribution in [0, 0.1) is 0 Å². The molecule has 1 aliphatic rings. The molecule has 0 heterocycles. The maximum atomic E-state index is 13.2. The van der Waals surface area contributed by atoms with E-state index in [1.165, 1.54) is 0 Å². The van der Waals surface area contributed by atoms with E-state index in [0.717, 1.165) is 42.1 Å². The molecule has 1 aliphatic carbocycles. The predicted octanol–water partition coefficient (Wildman–Crippen LogP) is 2.13. The van der Waals surface area contributed by atoms with Gasteiger partial charge in [-0.15, -0.1) is 0 Å². The largest absolute Gasteiger partial charge is 0.479 e. The lowest BCUT2D eigenvalue weighted by Gasteiger charge is -2.56. The molecule has 0 aromatic heterocycles. The van der Waals surface area contributed by atoms with Gasteiger partial charge in [0.05, 0.1) is 5.54 Å². The van der Waals surface area contributed by atoms with Crippen molar-refractivity contribution in [2.24, 2.45) is 28.1 Å². The molecular formula is C24H47N7O4. The highest BCUT2D eigenvalue weighted by atomic mass is 16.4. The first-order chi connectivity index (χ1) is 16.6. The summed E-state index contributed by atoms with van der Waals surface area (Å²) in [6, 6.07) is 0. The van der Waals surface area contributed by atoms with Crippen LogP contribution in [0.2, 0.25) is 0 Å². The first-order valence-electron chi connectivity index (χ1n) is 13.0. The zero-order valence-electron chi connectivity index (χ0n) is 21.6. The Hall–Kier alpha value is -2.40. The highest BCUT2D eigenvalue weighted by molar-refractivity contribution is 5.89. The lowest BCUT2D eigenvalue weighted by atomic mass is 9.64. The summed E-state index contributed by atoms with van der Waals surface area (Å²) in [6.45, 7) is 4.22. The number of hydrogen-bond acceptors (Lipinski definition) is 6. The summed E-state index contributed by atoms with van der Waals surface area (Å²) >= 11 is 0. The number of aliphatic carboxylic acids is 1. The average molecular weight is 498 g/mol. The molecule has 11 nitrogen and oxygen atoms in total. The Morgan fingerprint density at radius 2 is 1.43 bits per heavy atom. The van der Waals surface area contributed by atoms with Crippen molar-refractivity contribution < 1.29 is 19.5 Å². The third kappa shape index (κ3) is 7.54. The summed E-state index contributed by atoms with van der Waals surface area (Å²) in [5.74, 6) is 10.7. The van der Waals surface area contributed by atoms with Crippen LogP contribution in [-0.2, 0) is 14.4 Å². The van der Waals surface area contributed by atoms with E-state index in [4.69, 9.17) is 23.2 Å². The van der Waals surface area contributed by atoms with Gasteiger partial charge in [-0.2, -0.15) is 0 Å². The molecule has 0 spiro atoms. The molecule has 0 aromatic rings. The van der Waals surface area contributed by atoms with Gasteiger partial charge in [-0.1, -0.05) is 58.8 Å². The molecule has 0 bridgehead atoms. The number of hydrazine groups is 2. The maximum absolute atomic E-state index is 13.2. The van der Waals surface area contributed by atoms with Gasteiger partial charge in [-0.3, -0.25) is 24.6 Å². The quantitative estimate of drug-likeness (QED) is 0.0534. The number of rotatable bonds is 16. The van der Waals surface area contributed by atoms with Crippen LogP contribution in [0.5, 0.6) is 0 Å². The molecule has 202 valence electrons. The Morgan fingerprint density at radius 3 is 1.91 bits per heavy atom. The molecule has 1 fully saturated rings. The van der Waals surface area contributed by atoms with Gasteiger partial charge in [-0.25, -0.2) is 16.5 Å². The van der Waals surface area contributed by atoms with Gasteiger partial charge in [0.2, 0.25) is 11.8 Å². The van der Waals surface area contributed by atoms with Crippen LogP contribution < -0.4 is 23.2 Å². The van der Waals surface area contributed by atoms with E-state index >= 15 is 0 Å². The van der Waals surface area contributed by atoms with E-state index in [9.17, 15) is 19.5 Å².